The molecule has 4 nitrogen and oxygen atoms in total. The van der Waals surface area contributed by atoms with Gasteiger partial charge in [-0.05, 0) is 38.4 Å². The van der Waals surface area contributed by atoms with E-state index in [-0.39, 0.29) is 5.91 Å². The van der Waals surface area contributed by atoms with Gasteiger partial charge in [0.15, 0.2) is 0 Å². The summed E-state index contributed by atoms with van der Waals surface area (Å²) in [6, 6.07) is 1.70. The van der Waals surface area contributed by atoms with Crippen LogP contribution in [-0.4, -0.2) is 53.4 Å². The molecule has 1 aromatic heterocycles. The number of pyridine rings is 1. The smallest absolute Gasteiger partial charge is 0.255 e. The van der Waals surface area contributed by atoms with Crippen LogP contribution in [0, 0.1) is 0 Å². The van der Waals surface area contributed by atoms with Crippen LogP contribution in [0.4, 0.5) is 0 Å². The third-order valence-corrected chi connectivity index (χ3v) is 3.97. The normalized spacial score (nSPS) is 15.5. The van der Waals surface area contributed by atoms with Crippen molar-refractivity contribution in [2.75, 3.05) is 32.7 Å². The molecule has 0 saturated carbocycles. The topological polar surface area (TPSA) is 36.4 Å². The maximum Gasteiger partial charge on any atom is 0.255 e. The van der Waals surface area contributed by atoms with Crippen molar-refractivity contribution in [2.45, 2.75) is 26.2 Å². The van der Waals surface area contributed by atoms with E-state index in [0.29, 0.717) is 10.6 Å². The highest BCUT2D eigenvalue weighted by Gasteiger charge is 2.19. The summed E-state index contributed by atoms with van der Waals surface area (Å²) in [6.07, 6.45) is 6.65. The number of hydrogen-bond donors (Lipinski definition) is 0. The van der Waals surface area contributed by atoms with E-state index in [1.54, 1.807) is 12.3 Å². The molecule has 2 heterocycles. The van der Waals surface area contributed by atoms with Crippen molar-refractivity contribution >= 4 is 17.5 Å². The van der Waals surface area contributed by atoms with Crippen LogP contribution in [0.15, 0.2) is 18.5 Å². The van der Waals surface area contributed by atoms with Gasteiger partial charge < -0.3 is 9.80 Å². The van der Waals surface area contributed by atoms with Gasteiger partial charge in [0.2, 0.25) is 0 Å². The lowest BCUT2D eigenvalue weighted by Gasteiger charge is -2.25. The molecular formula is C15H22ClN3O. The first-order valence-corrected chi connectivity index (χ1v) is 7.71. The van der Waals surface area contributed by atoms with Gasteiger partial charge in [0, 0.05) is 32.0 Å². The van der Waals surface area contributed by atoms with Gasteiger partial charge in [-0.2, -0.15) is 0 Å². The molecule has 0 aromatic carbocycles. The summed E-state index contributed by atoms with van der Waals surface area (Å²) in [4.78, 5) is 20.8. The molecule has 1 amide bonds. The van der Waals surface area contributed by atoms with E-state index in [9.17, 15) is 4.79 Å². The number of carbonyl (C=O) groups is 1. The van der Waals surface area contributed by atoms with E-state index in [1.165, 1.54) is 19.0 Å². The molecule has 1 aliphatic rings. The van der Waals surface area contributed by atoms with Crippen LogP contribution in [0.3, 0.4) is 0 Å². The minimum atomic E-state index is 0.0125. The zero-order valence-corrected chi connectivity index (χ0v) is 12.8. The fourth-order valence-electron chi connectivity index (χ4n) is 2.57. The van der Waals surface area contributed by atoms with Crippen molar-refractivity contribution < 1.29 is 4.79 Å². The quantitative estimate of drug-likeness (QED) is 0.809. The van der Waals surface area contributed by atoms with Gasteiger partial charge in [0.05, 0.1) is 10.6 Å². The van der Waals surface area contributed by atoms with Crippen LogP contribution in [0.5, 0.6) is 0 Å². The second kappa shape index (κ2) is 7.60. The fourth-order valence-corrected chi connectivity index (χ4v) is 2.77. The van der Waals surface area contributed by atoms with E-state index < -0.39 is 0 Å². The molecule has 5 heteroatoms. The zero-order chi connectivity index (χ0) is 14.4. The van der Waals surface area contributed by atoms with Gasteiger partial charge in [-0.15, -0.1) is 0 Å². The van der Waals surface area contributed by atoms with Crippen molar-refractivity contribution in [3.8, 4) is 0 Å². The Kier molecular flexibility index (Phi) is 5.80. The van der Waals surface area contributed by atoms with Crippen LogP contribution in [0.25, 0.3) is 0 Å². The molecule has 0 spiro atoms. The summed E-state index contributed by atoms with van der Waals surface area (Å²) >= 11 is 6.07. The van der Waals surface area contributed by atoms with Crippen molar-refractivity contribution in [3.05, 3.63) is 29.0 Å². The Balaban J connectivity index is 1.99. The average molecular weight is 296 g/mol. The maximum atomic E-state index is 12.6. The molecule has 0 atom stereocenters. The summed E-state index contributed by atoms with van der Waals surface area (Å²) in [6.45, 7) is 6.89. The third-order valence-electron chi connectivity index (χ3n) is 3.67. The number of carbonyl (C=O) groups excluding carboxylic acids is 1. The van der Waals surface area contributed by atoms with Crippen LogP contribution < -0.4 is 0 Å². The molecule has 1 saturated heterocycles. The molecule has 0 aliphatic carbocycles. The number of halogens is 1. The number of aromatic nitrogens is 1. The summed E-state index contributed by atoms with van der Waals surface area (Å²) in [5.41, 5.74) is 0.552. The lowest BCUT2D eigenvalue weighted by Crippen LogP contribution is -2.38. The minimum absolute atomic E-state index is 0.0125. The predicted octanol–water partition coefficient (Wildman–Crippen LogP) is 2.68. The monoisotopic (exact) mass is 295 g/mol. The minimum Gasteiger partial charge on any atom is -0.337 e. The van der Waals surface area contributed by atoms with Crippen LogP contribution >= 0.6 is 11.6 Å². The molecule has 1 aromatic rings. The number of rotatable bonds is 6. The summed E-state index contributed by atoms with van der Waals surface area (Å²) in [7, 11) is 0. The zero-order valence-electron chi connectivity index (χ0n) is 12.0. The largest absolute Gasteiger partial charge is 0.337 e. The summed E-state index contributed by atoms with van der Waals surface area (Å²) < 4.78 is 0. The Morgan fingerprint density at radius 3 is 2.80 bits per heavy atom. The molecule has 0 radical (unpaired) electrons. The lowest BCUT2D eigenvalue weighted by atomic mass is 10.2. The Labute approximate surface area is 125 Å². The van der Waals surface area contributed by atoms with Gasteiger partial charge in [-0.3, -0.25) is 9.78 Å². The second-order valence-electron chi connectivity index (χ2n) is 5.20. The molecule has 0 bridgehead atoms. The Hall–Kier alpha value is -1.13. The van der Waals surface area contributed by atoms with E-state index in [4.69, 9.17) is 11.6 Å². The van der Waals surface area contributed by atoms with Crippen molar-refractivity contribution in [1.29, 1.82) is 0 Å². The van der Waals surface area contributed by atoms with Crippen LogP contribution in [-0.2, 0) is 0 Å². The highest BCUT2D eigenvalue weighted by atomic mass is 35.5. The van der Waals surface area contributed by atoms with E-state index >= 15 is 0 Å². The first kappa shape index (κ1) is 15.3. The molecule has 0 unspecified atom stereocenters. The lowest BCUT2D eigenvalue weighted by molar-refractivity contribution is 0.0740. The molecule has 0 N–H and O–H groups in total. The first-order chi connectivity index (χ1) is 9.72. The first-order valence-electron chi connectivity index (χ1n) is 7.33. The van der Waals surface area contributed by atoms with Crippen LogP contribution in [0.1, 0.15) is 36.5 Å². The number of likely N-dealkylation sites (tertiary alicyclic amines) is 1. The Bertz CT molecular complexity index is 446. The Morgan fingerprint density at radius 2 is 2.15 bits per heavy atom. The van der Waals surface area contributed by atoms with Crippen molar-refractivity contribution in [2.24, 2.45) is 0 Å². The van der Waals surface area contributed by atoms with Gasteiger partial charge in [0.25, 0.3) is 5.91 Å². The highest BCUT2D eigenvalue weighted by Crippen LogP contribution is 2.16. The van der Waals surface area contributed by atoms with Gasteiger partial charge in [0.1, 0.15) is 0 Å². The number of hydrogen-bond acceptors (Lipinski definition) is 3. The summed E-state index contributed by atoms with van der Waals surface area (Å²) in [5, 5.41) is 0.430. The van der Waals surface area contributed by atoms with Crippen molar-refractivity contribution in [3.63, 3.8) is 0 Å². The van der Waals surface area contributed by atoms with E-state index in [1.807, 2.05) is 4.90 Å². The molecule has 1 aliphatic heterocycles. The van der Waals surface area contributed by atoms with Gasteiger partial charge in [-0.1, -0.05) is 18.5 Å². The fraction of sp³-hybridized carbons (Fsp3) is 0.600. The maximum absolute atomic E-state index is 12.6. The van der Waals surface area contributed by atoms with Crippen LogP contribution in [0.2, 0.25) is 5.02 Å². The standard InChI is InChI=1S/C15H22ClN3O/c1-2-7-19(11-10-18-8-3-4-9-18)15(20)13-5-6-17-12-14(13)16/h5-6,12H,2-4,7-11H2,1H3. The number of nitrogens with zero attached hydrogens (tertiary/aromatic N) is 3. The molecule has 110 valence electrons. The SMILES string of the molecule is CCCN(CCN1CCCC1)C(=O)c1ccncc1Cl. The highest BCUT2D eigenvalue weighted by molar-refractivity contribution is 6.33. The average Bonchev–Trinajstić information content (AvgIpc) is 2.96. The van der Waals surface area contributed by atoms with Crippen molar-refractivity contribution in [1.82, 2.24) is 14.8 Å². The molecular weight excluding hydrogens is 274 g/mol. The Morgan fingerprint density at radius 1 is 1.40 bits per heavy atom. The van der Waals surface area contributed by atoms with E-state index in [2.05, 4.69) is 16.8 Å². The van der Waals surface area contributed by atoms with E-state index in [0.717, 1.165) is 39.1 Å². The predicted molar refractivity (Wildman–Crippen MR) is 81.1 cm³/mol. The second-order valence-corrected chi connectivity index (χ2v) is 5.60. The third kappa shape index (κ3) is 3.93. The summed E-state index contributed by atoms with van der Waals surface area (Å²) in [5.74, 6) is 0.0125. The molecule has 2 rings (SSSR count). The molecule has 20 heavy (non-hydrogen) atoms. The number of amides is 1. The van der Waals surface area contributed by atoms with Gasteiger partial charge >= 0.3 is 0 Å². The molecule has 1 fully saturated rings. The van der Waals surface area contributed by atoms with Gasteiger partial charge in [-0.25, -0.2) is 0 Å².